The number of benzene rings is 3. The summed E-state index contributed by atoms with van der Waals surface area (Å²) in [6.45, 7) is 4.48. The number of anilines is 1. The molecule has 0 amide bonds. The molecular weight excluding hydrogens is 453 g/mol. The summed E-state index contributed by atoms with van der Waals surface area (Å²) in [5, 5.41) is 12.3. The zero-order chi connectivity index (χ0) is 24.9. The molecule has 3 aromatic carbocycles. The molecule has 0 fully saturated rings. The second-order valence-corrected chi connectivity index (χ2v) is 8.16. The molecule has 0 saturated heterocycles. The summed E-state index contributed by atoms with van der Waals surface area (Å²) in [5.41, 5.74) is 5.79. The van der Waals surface area contributed by atoms with Crippen LogP contribution in [0, 0.1) is 19.7 Å². The first-order valence-electron chi connectivity index (χ1n) is 11.1. The smallest absolute Gasteiger partial charge is 0.440 e. The van der Waals surface area contributed by atoms with Crippen molar-refractivity contribution < 1.29 is 18.8 Å². The lowest BCUT2D eigenvalue weighted by Crippen LogP contribution is -2.17. The van der Waals surface area contributed by atoms with E-state index in [0.29, 0.717) is 6.54 Å². The molecule has 0 aliphatic heterocycles. The van der Waals surface area contributed by atoms with E-state index in [0.717, 1.165) is 43.8 Å². The summed E-state index contributed by atoms with van der Waals surface area (Å²) in [6.07, 6.45) is 0. The van der Waals surface area contributed by atoms with Crippen molar-refractivity contribution in [3.63, 3.8) is 0 Å². The molecule has 0 bridgehead atoms. The molecule has 0 atom stereocenters. The van der Waals surface area contributed by atoms with Crippen molar-refractivity contribution in [1.82, 2.24) is 9.72 Å². The Hall–Kier alpha value is -4.11. The number of nitrogens with one attached hydrogen (secondary N) is 2. The van der Waals surface area contributed by atoms with E-state index in [2.05, 4.69) is 10.3 Å². The predicted molar refractivity (Wildman–Crippen MR) is 130 cm³/mol. The fourth-order valence-electron chi connectivity index (χ4n) is 3.89. The minimum Gasteiger partial charge on any atom is -0.488 e. The summed E-state index contributed by atoms with van der Waals surface area (Å²) >= 11 is 0. The van der Waals surface area contributed by atoms with Gasteiger partial charge in [-0.1, -0.05) is 30.3 Å². The molecule has 3 N–H and O–H groups in total. The highest BCUT2D eigenvalue weighted by atomic mass is 19.1. The van der Waals surface area contributed by atoms with Gasteiger partial charge in [0.25, 0.3) is 0 Å². The molecule has 35 heavy (non-hydrogen) atoms. The third kappa shape index (κ3) is 5.52. The van der Waals surface area contributed by atoms with Crippen molar-refractivity contribution in [3.05, 3.63) is 104 Å². The van der Waals surface area contributed by atoms with Crippen LogP contribution in [-0.4, -0.2) is 28.0 Å². The van der Waals surface area contributed by atoms with Crippen molar-refractivity contribution in [1.29, 1.82) is 0 Å². The molecule has 0 aliphatic rings. The van der Waals surface area contributed by atoms with Gasteiger partial charge in [-0.05, 0) is 71.5 Å². The second kappa shape index (κ2) is 10.4. The van der Waals surface area contributed by atoms with Gasteiger partial charge in [-0.15, -0.1) is 4.74 Å². The molecule has 8 nitrogen and oxygen atoms in total. The maximum atomic E-state index is 14.6. The van der Waals surface area contributed by atoms with Gasteiger partial charge in [0.2, 0.25) is 0 Å². The lowest BCUT2D eigenvalue weighted by Gasteiger charge is -2.16. The quantitative estimate of drug-likeness (QED) is 0.339. The van der Waals surface area contributed by atoms with Crippen molar-refractivity contribution in [2.75, 3.05) is 18.5 Å². The molecule has 0 aliphatic carbocycles. The molecule has 0 spiro atoms. The van der Waals surface area contributed by atoms with Crippen LogP contribution < -0.4 is 21.5 Å². The molecule has 1 heterocycles. The molecule has 0 saturated carbocycles. The number of ether oxygens (including phenoxy) is 1. The molecule has 4 aromatic rings. The topological polar surface area (TPSA) is 109 Å². The summed E-state index contributed by atoms with van der Waals surface area (Å²) in [6, 6.07) is 16.5. The Labute approximate surface area is 200 Å². The van der Waals surface area contributed by atoms with Gasteiger partial charge in [-0.2, -0.15) is 0 Å². The predicted octanol–water partition coefficient (Wildman–Crippen LogP) is 3.58. The maximum Gasteiger partial charge on any atom is 0.440 e. The Kier molecular flexibility index (Phi) is 7.17. The van der Waals surface area contributed by atoms with Crippen LogP contribution in [0.4, 0.5) is 10.1 Å². The largest absolute Gasteiger partial charge is 0.488 e. The first-order valence-corrected chi connectivity index (χ1v) is 11.1. The van der Waals surface area contributed by atoms with Crippen LogP contribution in [0.5, 0.6) is 5.75 Å². The highest BCUT2D eigenvalue weighted by Gasteiger charge is 2.13. The molecule has 1 aromatic heterocycles. The van der Waals surface area contributed by atoms with E-state index >= 15 is 0 Å². The number of aromatic nitrogens is 2. The van der Waals surface area contributed by atoms with Gasteiger partial charge in [0.15, 0.2) is 11.6 Å². The van der Waals surface area contributed by atoms with Crippen LogP contribution in [0.2, 0.25) is 0 Å². The molecule has 0 unspecified atom stereocenters. The fourth-order valence-corrected chi connectivity index (χ4v) is 3.89. The van der Waals surface area contributed by atoms with Crippen LogP contribution in [0.25, 0.3) is 11.1 Å². The zero-order valence-corrected chi connectivity index (χ0v) is 19.4. The number of aryl methyl sites for hydroxylation is 1. The summed E-state index contributed by atoms with van der Waals surface area (Å²) in [4.78, 5) is 24.8. The van der Waals surface area contributed by atoms with Gasteiger partial charge >= 0.3 is 11.4 Å². The average molecular weight is 480 g/mol. The van der Waals surface area contributed by atoms with Gasteiger partial charge in [0.05, 0.1) is 13.2 Å². The van der Waals surface area contributed by atoms with Crippen LogP contribution in [0.3, 0.4) is 0 Å². The summed E-state index contributed by atoms with van der Waals surface area (Å²) in [5.74, 6) is -1.12. The van der Waals surface area contributed by atoms with Crippen molar-refractivity contribution in [2.24, 2.45) is 0 Å². The Bertz CT molecular complexity index is 1440. The normalized spacial score (nSPS) is 11.0. The summed E-state index contributed by atoms with van der Waals surface area (Å²) < 4.78 is 25.6. The first-order chi connectivity index (χ1) is 16.9. The molecule has 4 rings (SSSR count). The van der Waals surface area contributed by atoms with E-state index in [9.17, 15) is 14.0 Å². The van der Waals surface area contributed by atoms with Gasteiger partial charge < -0.3 is 19.7 Å². The monoisotopic (exact) mass is 479 g/mol. The highest BCUT2D eigenvalue weighted by molar-refractivity contribution is 5.72. The van der Waals surface area contributed by atoms with E-state index in [1.807, 2.05) is 56.3 Å². The minimum absolute atomic E-state index is 0.0396. The Balaban J connectivity index is 1.48. The van der Waals surface area contributed by atoms with E-state index in [4.69, 9.17) is 14.4 Å². The zero-order valence-electron chi connectivity index (χ0n) is 19.4. The third-order valence-corrected chi connectivity index (χ3v) is 5.76. The lowest BCUT2D eigenvalue weighted by atomic mass is 9.93. The molecule has 0 radical (unpaired) electrons. The highest BCUT2D eigenvalue weighted by Crippen LogP contribution is 2.33. The van der Waals surface area contributed by atoms with Crippen LogP contribution in [-0.2, 0) is 13.1 Å². The third-order valence-electron chi connectivity index (χ3n) is 5.76. The maximum absolute atomic E-state index is 14.6. The Morgan fingerprint density at radius 3 is 2.54 bits per heavy atom. The number of hydrogen-bond acceptors (Lipinski definition) is 6. The first kappa shape index (κ1) is 24.0. The van der Waals surface area contributed by atoms with Crippen molar-refractivity contribution in [2.45, 2.75) is 26.9 Å². The number of hydrogen-bond donors (Lipinski definition) is 3. The van der Waals surface area contributed by atoms with Gasteiger partial charge in [-0.25, -0.2) is 19.0 Å². The number of halogens is 1. The van der Waals surface area contributed by atoms with Gasteiger partial charge in [0, 0.05) is 12.2 Å². The lowest BCUT2D eigenvalue weighted by molar-refractivity contribution is 0.196. The van der Waals surface area contributed by atoms with Crippen LogP contribution >= 0.6 is 0 Å². The Morgan fingerprint density at radius 2 is 1.86 bits per heavy atom. The van der Waals surface area contributed by atoms with Crippen LogP contribution in [0.15, 0.2) is 68.7 Å². The number of nitrogens with zero attached hydrogens (tertiary/aromatic N) is 1. The van der Waals surface area contributed by atoms with Crippen molar-refractivity contribution >= 4 is 5.69 Å². The SMILES string of the molecule is Cc1cc(OCCO)c(F)cc1-c1cccc(CNc2ccc(Cn3oc(=O)[nH]c3=O)cc2)c1C. The number of aromatic amines is 1. The van der Waals surface area contributed by atoms with E-state index < -0.39 is 17.3 Å². The number of aliphatic hydroxyl groups excluding tert-OH is 1. The standard InChI is InChI=1S/C26H26FN3O5/c1-16-12-24(34-11-10-31)23(27)13-22(16)21-5-3-4-19(17(21)2)14-28-20-8-6-18(7-9-20)15-30-25(32)29-26(33)35-30/h3-9,12-13,28,31H,10-11,14-15H2,1-2H3,(H,29,32,33). The number of rotatable bonds is 9. The minimum atomic E-state index is -0.783. The fraction of sp³-hybridized carbons (Fsp3) is 0.231. The van der Waals surface area contributed by atoms with Crippen molar-refractivity contribution in [3.8, 4) is 16.9 Å². The van der Waals surface area contributed by atoms with E-state index in [1.54, 1.807) is 6.07 Å². The average Bonchev–Trinajstić information content (AvgIpc) is 3.16. The second-order valence-electron chi connectivity index (χ2n) is 8.16. The molecule has 9 heteroatoms. The van der Waals surface area contributed by atoms with Crippen LogP contribution in [0.1, 0.15) is 22.3 Å². The van der Waals surface area contributed by atoms with E-state index in [-0.39, 0.29) is 25.5 Å². The molecular formula is C26H26FN3O5. The van der Waals surface area contributed by atoms with Gasteiger partial charge in [0.1, 0.15) is 6.61 Å². The molecule has 182 valence electrons. The number of H-pyrrole nitrogens is 1. The summed E-state index contributed by atoms with van der Waals surface area (Å²) in [7, 11) is 0. The Morgan fingerprint density at radius 1 is 1.09 bits per heavy atom. The van der Waals surface area contributed by atoms with Gasteiger partial charge in [-0.3, -0.25) is 0 Å². The van der Waals surface area contributed by atoms with E-state index in [1.165, 1.54) is 6.07 Å². The number of aliphatic hydroxyl groups is 1.